The Labute approximate surface area is 148 Å². The highest BCUT2D eigenvalue weighted by Gasteiger charge is 2.38. The molecule has 0 spiro atoms. The van der Waals surface area contributed by atoms with Crippen molar-refractivity contribution in [3.8, 4) is 0 Å². The van der Waals surface area contributed by atoms with Gasteiger partial charge in [0.25, 0.3) is 0 Å². The molecule has 0 bridgehead atoms. The summed E-state index contributed by atoms with van der Waals surface area (Å²) in [5, 5.41) is 7.10. The van der Waals surface area contributed by atoms with Crippen LogP contribution in [-0.2, 0) is 4.79 Å². The summed E-state index contributed by atoms with van der Waals surface area (Å²) in [7, 11) is 0. The lowest BCUT2D eigenvalue weighted by molar-refractivity contribution is -0.118. The Morgan fingerprint density at radius 1 is 1.00 bits per heavy atom. The largest absolute Gasteiger partial charge is 0.399 e. The van der Waals surface area contributed by atoms with E-state index < -0.39 is 0 Å². The predicted molar refractivity (Wildman–Crippen MR) is 102 cm³/mol. The van der Waals surface area contributed by atoms with Crippen molar-refractivity contribution in [2.24, 2.45) is 5.41 Å². The number of nitrogens with one attached hydrogen (secondary N) is 2. The lowest BCUT2D eigenvalue weighted by atomic mass is 9.73. The lowest BCUT2D eigenvalue weighted by Crippen LogP contribution is -2.31. The van der Waals surface area contributed by atoms with Gasteiger partial charge >= 0.3 is 0 Å². The first-order chi connectivity index (χ1) is 11.9. The van der Waals surface area contributed by atoms with Crippen LogP contribution in [0.2, 0.25) is 0 Å². The van der Waals surface area contributed by atoms with Gasteiger partial charge in [-0.15, -0.1) is 0 Å². The highest BCUT2D eigenvalue weighted by atomic mass is 16.1. The van der Waals surface area contributed by atoms with E-state index in [9.17, 15) is 4.79 Å². The van der Waals surface area contributed by atoms with E-state index in [1.54, 1.807) is 0 Å². The van der Waals surface area contributed by atoms with Crippen LogP contribution in [0.4, 0.5) is 17.1 Å². The first kappa shape index (κ1) is 15.8. The molecule has 1 aliphatic heterocycles. The fourth-order valence-electron chi connectivity index (χ4n) is 3.83. The van der Waals surface area contributed by atoms with Gasteiger partial charge in [-0.2, -0.15) is 0 Å². The number of para-hydroxylation sites is 2. The van der Waals surface area contributed by atoms with E-state index in [1.807, 2.05) is 48.5 Å². The maximum atomic E-state index is 13.0. The molecule has 2 aliphatic rings. The molecule has 4 heteroatoms. The summed E-state index contributed by atoms with van der Waals surface area (Å²) >= 11 is 0. The summed E-state index contributed by atoms with van der Waals surface area (Å²) in [6, 6.07) is 15.7. The number of fused-ring (bicyclic) bond motifs is 1. The quantitative estimate of drug-likeness (QED) is 0.673. The molecule has 0 fully saturated rings. The molecule has 1 heterocycles. The summed E-state index contributed by atoms with van der Waals surface area (Å²) in [6.45, 7) is 4.30. The van der Waals surface area contributed by atoms with E-state index in [0.29, 0.717) is 6.42 Å². The third-order valence-electron chi connectivity index (χ3n) is 4.99. The molecular weight excluding hydrogens is 310 g/mol. The van der Waals surface area contributed by atoms with Crippen molar-refractivity contribution in [3.05, 3.63) is 65.4 Å². The summed E-state index contributed by atoms with van der Waals surface area (Å²) in [5.41, 5.74) is 11.5. The van der Waals surface area contributed by atoms with E-state index in [-0.39, 0.29) is 17.2 Å². The van der Waals surface area contributed by atoms with Crippen LogP contribution in [0, 0.1) is 5.41 Å². The van der Waals surface area contributed by atoms with Gasteiger partial charge in [-0.1, -0.05) is 38.1 Å². The van der Waals surface area contributed by atoms with E-state index in [0.717, 1.165) is 40.3 Å². The second-order valence-corrected chi connectivity index (χ2v) is 7.75. The molecule has 0 saturated carbocycles. The Balaban J connectivity index is 1.88. The fourth-order valence-corrected chi connectivity index (χ4v) is 3.83. The average molecular weight is 333 g/mol. The van der Waals surface area contributed by atoms with Crippen molar-refractivity contribution >= 4 is 22.8 Å². The van der Waals surface area contributed by atoms with Crippen LogP contribution >= 0.6 is 0 Å². The molecule has 0 aromatic heterocycles. The SMILES string of the molecule is CC1(C)CC(=O)C2=C(C1)Nc1ccccc1NC2c1ccc(N)cc1. The summed E-state index contributed by atoms with van der Waals surface area (Å²) in [4.78, 5) is 13.0. The van der Waals surface area contributed by atoms with Crippen LogP contribution in [0.3, 0.4) is 0 Å². The predicted octanol–water partition coefficient (Wildman–Crippen LogP) is 4.49. The number of anilines is 3. The number of carbonyl (C=O) groups excluding carboxylic acids is 1. The molecule has 128 valence electrons. The molecule has 2 aromatic carbocycles. The second-order valence-electron chi connectivity index (χ2n) is 7.75. The van der Waals surface area contributed by atoms with Gasteiger partial charge in [0.2, 0.25) is 0 Å². The normalized spacial score (nSPS) is 21.5. The fraction of sp³-hybridized carbons (Fsp3) is 0.286. The molecule has 2 aromatic rings. The van der Waals surface area contributed by atoms with Crippen LogP contribution in [0.15, 0.2) is 59.8 Å². The number of rotatable bonds is 1. The molecule has 0 saturated heterocycles. The molecule has 4 nitrogen and oxygen atoms in total. The average Bonchev–Trinajstić information content (AvgIpc) is 2.70. The zero-order valence-electron chi connectivity index (χ0n) is 14.6. The molecule has 4 rings (SSSR count). The Hall–Kier alpha value is -2.75. The monoisotopic (exact) mass is 333 g/mol. The van der Waals surface area contributed by atoms with Crippen molar-refractivity contribution in [2.45, 2.75) is 32.7 Å². The van der Waals surface area contributed by atoms with Gasteiger partial charge in [0, 0.05) is 23.4 Å². The zero-order chi connectivity index (χ0) is 17.6. The zero-order valence-corrected chi connectivity index (χ0v) is 14.6. The van der Waals surface area contributed by atoms with Gasteiger partial charge in [-0.05, 0) is 41.7 Å². The minimum atomic E-state index is -0.171. The van der Waals surface area contributed by atoms with Crippen molar-refractivity contribution in [1.29, 1.82) is 0 Å². The topological polar surface area (TPSA) is 67.2 Å². The van der Waals surface area contributed by atoms with Crippen molar-refractivity contribution < 1.29 is 4.79 Å². The standard InChI is InChI=1S/C21H23N3O/c1-21(2)11-17-19(18(25)12-21)20(13-7-9-14(22)10-8-13)24-16-6-4-3-5-15(16)23-17/h3-10,20,23-24H,11-12,22H2,1-2H3. The van der Waals surface area contributed by atoms with Crippen LogP contribution < -0.4 is 16.4 Å². The number of benzene rings is 2. The lowest BCUT2D eigenvalue weighted by Gasteiger charge is -2.34. The third-order valence-corrected chi connectivity index (χ3v) is 4.99. The smallest absolute Gasteiger partial charge is 0.163 e. The van der Waals surface area contributed by atoms with Crippen LogP contribution in [0.1, 0.15) is 38.3 Å². The van der Waals surface area contributed by atoms with Gasteiger partial charge in [-0.3, -0.25) is 4.79 Å². The highest BCUT2D eigenvalue weighted by molar-refractivity contribution is 6.01. The van der Waals surface area contributed by atoms with E-state index >= 15 is 0 Å². The molecule has 0 amide bonds. The maximum Gasteiger partial charge on any atom is 0.163 e. The molecule has 0 radical (unpaired) electrons. The number of Topliss-reactive ketones (excluding diaryl/α,β-unsaturated/α-hetero) is 1. The molecule has 25 heavy (non-hydrogen) atoms. The van der Waals surface area contributed by atoms with E-state index in [4.69, 9.17) is 5.73 Å². The molecule has 1 atom stereocenters. The maximum absolute atomic E-state index is 13.0. The van der Waals surface area contributed by atoms with Crippen LogP contribution in [0.25, 0.3) is 0 Å². The number of allylic oxidation sites excluding steroid dienone is 1. The highest BCUT2D eigenvalue weighted by Crippen LogP contribution is 2.45. The molecule has 1 aliphatic carbocycles. The molecule has 1 unspecified atom stereocenters. The van der Waals surface area contributed by atoms with Gasteiger partial charge < -0.3 is 16.4 Å². The van der Waals surface area contributed by atoms with Crippen LogP contribution in [0.5, 0.6) is 0 Å². The number of hydrogen-bond donors (Lipinski definition) is 3. The van der Waals surface area contributed by atoms with Crippen molar-refractivity contribution in [1.82, 2.24) is 0 Å². The number of ketones is 1. The van der Waals surface area contributed by atoms with Gasteiger partial charge in [0.05, 0.1) is 17.4 Å². The van der Waals surface area contributed by atoms with Crippen molar-refractivity contribution in [2.75, 3.05) is 16.4 Å². The summed E-state index contributed by atoms with van der Waals surface area (Å²) < 4.78 is 0. The second kappa shape index (κ2) is 5.66. The molecule has 4 N–H and O–H groups in total. The Morgan fingerprint density at radius 2 is 1.68 bits per heavy atom. The first-order valence-electron chi connectivity index (χ1n) is 8.67. The van der Waals surface area contributed by atoms with Gasteiger partial charge in [-0.25, -0.2) is 0 Å². The van der Waals surface area contributed by atoms with Crippen LogP contribution in [-0.4, -0.2) is 5.78 Å². The van der Waals surface area contributed by atoms with E-state index in [1.165, 1.54) is 0 Å². The number of nitrogens with two attached hydrogens (primary N) is 1. The third kappa shape index (κ3) is 2.88. The summed E-state index contributed by atoms with van der Waals surface area (Å²) in [5.74, 6) is 0.209. The number of hydrogen-bond acceptors (Lipinski definition) is 4. The van der Waals surface area contributed by atoms with Crippen molar-refractivity contribution in [3.63, 3.8) is 0 Å². The Bertz CT molecular complexity index is 865. The summed E-state index contributed by atoms with van der Waals surface area (Å²) in [6.07, 6.45) is 1.42. The Morgan fingerprint density at radius 3 is 2.40 bits per heavy atom. The Kier molecular flexibility index (Phi) is 3.57. The van der Waals surface area contributed by atoms with Gasteiger partial charge in [0.1, 0.15) is 0 Å². The molecular formula is C21H23N3O. The first-order valence-corrected chi connectivity index (χ1v) is 8.67. The van der Waals surface area contributed by atoms with E-state index in [2.05, 4.69) is 24.5 Å². The minimum Gasteiger partial charge on any atom is -0.399 e. The number of nitrogen functional groups attached to an aromatic ring is 1. The minimum absolute atomic E-state index is 0.0339. The van der Waals surface area contributed by atoms with Gasteiger partial charge in [0.15, 0.2) is 5.78 Å². The number of carbonyl (C=O) groups is 1.